The minimum absolute atomic E-state index is 0.262. The number of nitrogens with zero attached hydrogens (tertiary/aromatic N) is 1. The monoisotopic (exact) mass is 235 g/mol. The lowest BCUT2D eigenvalue weighted by Crippen LogP contribution is -2.18. The van der Waals surface area contributed by atoms with E-state index in [9.17, 15) is 0 Å². The first-order valence-electron chi connectivity index (χ1n) is 5.23. The Labute approximate surface area is 99.8 Å². The maximum atomic E-state index is 5.82. The zero-order chi connectivity index (χ0) is 11.4. The van der Waals surface area contributed by atoms with Gasteiger partial charge in [0.25, 0.3) is 0 Å². The van der Waals surface area contributed by atoms with Crippen LogP contribution in [0.4, 0.5) is 0 Å². The van der Waals surface area contributed by atoms with E-state index in [4.69, 9.17) is 11.6 Å². The summed E-state index contributed by atoms with van der Waals surface area (Å²) in [5.74, 6) is 0. The molecule has 0 aliphatic heterocycles. The number of H-pyrrole nitrogens is 1. The van der Waals surface area contributed by atoms with Gasteiger partial charge >= 0.3 is 0 Å². The van der Waals surface area contributed by atoms with Crippen molar-refractivity contribution in [2.24, 2.45) is 0 Å². The molecule has 16 heavy (non-hydrogen) atoms. The van der Waals surface area contributed by atoms with Gasteiger partial charge in [0.05, 0.1) is 5.69 Å². The van der Waals surface area contributed by atoms with Crippen LogP contribution in [0.25, 0.3) is 0 Å². The third-order valence-electron chi connectivity index (χ3n) is 2.51. The predicted molar refractivity (Wildman–Crippen MR) is 65.3 cm³/mol. The van der Waals surface area contributed by atoms with Crippen LogP contribution in [0, 0.1) is 0 Å². The van der Waals surface area contributed by atoms with Crippen LogP contribution < -0.4 is 5.32 Å². The van der Waals surface area contributed by atoms with Gasteiger partial charge in [-0.05, 0) is 30.7 Å². The molecule has 0 spiro atoms. The average Bonchev–Trinajstić information content (AvgIpc) is 2.81. The number of nitrogens with one attached hydrogen (secondary N) is 2. The van der Waals surface area contributed by atoms with E-state index in [0.717, 1.165) is 17.3 Å². The van der Waals surface area contributed by atoms with Crippen LogP contribution in [0.5, 0.6) is 0 Å². The standard InChI is InChI=1S/C12H14ClN3/c1-9(12-6-7-15-16-12)14-8-10-2-4-11(13)5-3-10/h2-7,9,14H,8H2,1H3,(H,15,16). The van der Waals surface area contributed by atoms with E-state index in [-0.39, 0.29) is 6.04 Å². The van der Waals surface area contributed by atoms with Crippen molar-refractivity contribution in [1.29, 1.82) is 0 Å². The van der Waals surface area contributed by atoms with Gasteiger partial charge in [-0.2, -0.15) is 5.10 Å². The van der Waals surface area contributed by atoms with Gasteiger partial charge in [-0.15, -0.1) is 0 Å². The molecule has 0 bridgehead atoms. The molecular formula is C12H14ClN3. The van der Waals surface area contributed by atoms with Crippen molar-refractivity contribution in [2.75, 3.05) is 0 Å². The van der Waals surface area contributed by atoms with E-state index in [1.54, 1.807) is 6.20 Å². The van der Waals surface area contributed by atoms with Crippen molar-refractivity contribution in [3.8, 4) is 0 Å². The predicted octanol–water partition coefficient (Wildman–Crippen LogP) is 2.91. The summed E-state index contributed by atoms with van der Waals surface area (Å²) in [5.41, 5.74) is 2.31. The lowest BCUT2D eigenvalue weighted by molar-refractivity contribution is 0.560. The number of aromatic nitrogens is 2. The molecule has 1 heterocycles. The third-order valence-corrected chi connectivity index (χ3v) is 2.77. The van der Waals surface area contributed by atoms with E-state index < -0.39 is 0 Å². The van der Waals surface area contributed by atoms with E-state index in [0.29, 0.717) is 0 Å². The topological polar surface area (TPSA) is 40.7 Å². The largest absolute Gasteiger partial charge is 0.305 e. The van der Waals surface area contributed by atoms with Crippen molar-refractivity contribution in [3.05, 3.63) is 52.8 Å². The van der Waals surface area contributed by atoms with Gasteiger partial charge in [0.1, 0.15) is 0 Å². The highest BCUT2D eigenvalue weighted by Gasteiger charge is 2.05. The SMILES string of the molecule is CC(NCc1ccc(Cl)cc1)c1ccn[nH]1. The van der Waals surface area contributed by atoms with Gasteiger partial charge in [-0.1, -0.05) is 23.7 Å². The van der Waals surface area contributed by atoms with Crippen LogP contribution in [0.1, 0.15) is 24.2 Å². The van der Waals surface area contributed by atoms with E-state index in [1.807, 2.05) is 30.3 Å². The van der Waals surface area contributed by atoms with Gasteiger partial charge < -0.3 is 5.32 Å². The molecule has 0 saturated carbocycles. The van der Waals surface area contributed by atoms with Gasteiger partial charge in [0.2, 0.25) is 0 Å². The molecule has 0 radical (unpaired) electrons. The minimum atomic E-state index is 0.262. The Morgan fingerprint density at radius 2 is 2.06 bits per heavy atom. The van der Waals surface area contributed by atoms with Gasteiger partial charge in [-0.3, -0.25) is 5.10 Å². The van der Waals surface area contributed by atoms with Crippen molar-refractivity contribution in [2.45, 2.75) is 19.5 Å². The summed E-state index contributed by atoms with van der Waals surface area (Å²) >= 11 is 5.82. The summed E-state index contributed by atoms with van der Waals surface area (Å²) in [4.78, 5) is 0. The number of benzene rings is 1. The van der Waals surface area contributed by atoms with Gasteiger partial charge in [0.15, 0.2) is 0 Å². The molecule has 2 N–H and O–H groups in total. The van der Waals surface area contributed by atoms with Crippen molar-refractivity contribution >= 4 is 11.6 Å². The summed E-state index contributed by atoms with van der Waals surface area (Å²) in [6.07, 6.45) is 1.76. The van der Waals surface area contributed by atoms with Crippen LogP contribution in [0.2, 0.25) is 5.02 Å². The van der Waals surface area contributed by atoms with E-state index >= 15 is 0 Å². The number of rotatable bonds is 4. The summed E-state index contributed by atoms with van der Waals surface area (Å²) in [6.45, 7) is 2.92. The van der Waals surface area contributed by atoms with Crippen LogP contribution >= 0.6 is 11.6 Å². The van der Waals surface area contributed by atoms with Crippen LogP contribution in [-0.2, 0) is 6.54 Å². The second kappa shape index (κ2) is 5.14. The Bertz CT molecular complexity index is 422. The summed E-state index contributed by atoms with van der Waals surface area (Å²) in [6, 6.07) is 10.1. The number of aromatic amines is 1. The van der Waals surface area contributed by atoms with Crippen molar-refractivity contribution in [3.63, 3.8) is 0 Å². The highest BCUT2D eigenvalue weighted by atomic mass is 35.5. The zero-order valence-electron chi connectivity index (χ0n) is 9.07. The Hall–Kier alpha value is -1.32. The molecule has 0 aliphatic rings. The first kappa shape index (κ1) is 11.2. The summed E-state index contributed by atoms with van der Waals surface area (Å²) in [7, 11) is 0. The second-order valence-electron chi connectivity index (χ2n) is 3.74. The highest BCUT2D eigenvalue weighted by Crippen LogP contribution is 2.12. The first-order chi connectivity index (χ1) is 7.75. The Morgan fingerprint density at radius 1 is 1.31 bits per heavy atom. The molecule has 2 aromatic rings. The average molecular weight is 236 g/mol. The molecule has 0 saturated heterocycles. The molecule has 3 nitrogen and oxygen atoms in total. The lowest BCUT2D eigenvalue weighted by Gasteiger charge is -2.11. The Kier molecular flexibility index (Phi) is 3.59. The lowest BCUT2D eigenvalue weighted by atomic mass is 10.2. The maximum absolute atomic E-state index is 5.82. The molecule has 1 atom stereocenters. The fourth-order valence-corrected chi connectivity index (χ4v) is 1.62. The molecule has 0 aliphatic carbocycles. The summed E-state index contributed by atoms with van der Waals surface area (Å²) in [5, 5.41) is 11.1. The second-order valence-corrected chi connectivity index (χ2v) is 4.18. The molecule has 0 amide bonds. The highest BCUT2D eigenvalue weighted by molar-refractivity contribution is 6.30. The van der Waals surface area contributed by atoms with Gasteiger partial charge in [0, 0.05) is 23.8 Å². The molecule has 2 rings (SSSR count). The quantitative estimate of drug-likeness (QED) is 0.856. The van der Waals surface area contributed by atoms with Crippen molar-refractivity contribution < 1.29 is 0 Å². The third kappa shape index (κ3) is 2.84. The minimum Gasteiger partial charge on any atom is -0.305 e. The van der Waals surface area contributed by atoms with E-state index in [1.165, 1.54) is 5.56 Å². The number of halogens is 1. The number of hydrogen-bond donors (Lipinski definition) is 2. The zero-order valence-corrected chi connectivity index (χ0v) is 9.83. The van der Waals surface area contributed by atoms with Crippen molar-refractivity contribution in [1.82, 2.24) is 15.5 Å². The summed E-state index contributed by atoms with van der Waals surface area (Å²) < 4.78 is 0. The Morgan fingerprint density at radius 3 is 2.69 bits per heavy atom. The van der Waals surface area contributed by atoms with Crippen LogP contribution in [-0.4, -0.2) is 10.2 Å². The fourth-order valence-electron chi connectivity index (χ4n) is 1.49. The molecule has 4 heteroatoms. The normalized spacial score (nSPS) is 12.6. The molecule has 84 valence electrons. The van der Waals surface area contributed by atoms with Crippen LogP contribution in [0.3, 0.4) is 0 Å². The smallest absolute Gasteiger partial charge is 0.0518 e. The van der Waals surface area contributed by atoms with Crippen LogP contribution in [0.15, 0.2) is 36.5 Å². The molecule has 0 fully saturated rings. The maximum Gasteiger partial charge on any atom is 0.0518 e. The van der Waals surface area contributed by atoms with Gasteiger partial charge in [-0.25, -0.2) is 0 Å². The fraction of sp³-hybridized carbons (Fsp3) is 0.250. The molecular weight excluding hydrogens is 222 g/mol. The number of hydrogen-bond acceptors (Lipinski definition) is 2. The first-order valence-corrected chi connectivity index (χ1v) is 5.60. The molecule has 1 aromatic heterocycles. The van der Waals surface area contributed by atoms with E-state index in [2.05, 4.69) is 22.4 Å². The molecule has 1 unspecified atom stereocenters. The Balaban J connectivity index is 1.90. The molecule has 1 aromatic carbocycles.